The zero-order valence-corrected chi connectivity index (χ0v) is 18.2. The van der Waals surface area contributed by atoms with Crippen LogP contribution < -0.4 is 21.2 Å². The minimum absolute atomic E-state index is 0.150. The first-order valence-electron chi connectivity index (χ1n) is 10.9. The van der Waals surface area contributed by atoms with Gasteiger partial charge in [-0.2, -0.15) is 0 Å². The van der Waals surface area contributed by atoms with Gasteiger partial charge < -0.3 is 15.8 Å². The molecule has 0 saturated heterocycles. The van der Waals surface area contributed by atoms with Crippen molar-refractivity contribution in [3.05, 3.63) is 45.9 Å². The summed E-state index contributed by atoms with van der Waals surface area (Å²) in [6, 6.07) is 5.48. The van der Waals surface area contributed by atoms with E-state index in [2.05, 4.69) is 5.32 Å². The predicted octanol–water partition coefficient (Wildman–Crippen LogP) is 2.12. The summed E-state index contributed by atoms with van der Waals surface area (Å²) in [5.41, 5.74) is 8.55. The van der Waals surface area contributed by atoms with Crippen molar-refractivity contribution in [3.8, 4) is 0 Å². The van der Waals surface area contributed by atoms with E-state index in [9.17, 15) is 9.59 Å². The van der Waals surface area contributed by atoms with Crippen molar-refractivity contribution in [2.45, 2.75) is 58.0 Å². The lowest BCUT2D eigenvalue weighted by Gasteiger charge is -2.23. The molecule has 1 aliphatic rings. The fraction of sp³-hybridized carbons (Fsp3) is 0.478. The van der Waals surface area contributed by atoms with Crippen LogP contribution in [0.2, 0.25) is 0 Å². The quantitative estimate of drug-likeness (QED) is 0.358. The zero-order chi connectivity index (χ0) is 22.0. The highest BCUT2D eigenvalue weighted by atomic mass is 16.5. The molecule has 0 aromatic carbocycles. The Morgan fingerprint density at radius 3 is 2.87 bits per heavy atom. The molecule has 164 valence electrons. The van der Waals surface area contributed by atoms with Crippen LogP contribution in [0.25, 0.3) is 16.7 Å². The molecule has 3 N–H and O–H groups in total. The largest absolute Gasteiger partial charge is 0.385 e. The number of amides is 1. The van der Waals surface area contributed by atoms with E-state index in [-0.39, 0.29) is 17.5 Å². The normalized spacial score (nSPS) is 14.9. The van der Waals surface area contributed by atoms with Crippen molar-refractivity contribution in [2.24, 2.45) is 0 Å². The number of hydrogen-bond donors (Lipinski definition) is 2. The van der Waals surface area contributed by atoms with Gasteiger partial charge in [-0.1, -0.05) is 30.3 Å². The van der Waals surface area contributed by atoms with E-state index in [0.29, 0.717) is 47.6 Å². The molecule has 1 saturated carbocycles. The van der Waals surface area contributed by atoms with Crippen LogP contribution in [0.5, 0.6) is 0 Å². The van der Waals surface area contributed by atoms with Gasteiger partial charge in [-0.25, -0.2) is 4.57 Å². The Bertz CT molecular complexity index is 1180. The molecular weight excluding hydrogens is 394 g/mol. The van der Waals surface area contributed by atoms with E-state index >= 15 is 0 Å². The lowest BCUT2D eigenvalue weighted by molar-refractivity contribution is -0.659. The maximum absolute atomic E-state index is 13.3. The molecule has 0 spiro atoms. The summed E-state index contributed by atoms with van der Waals surface area (Å²) in [5, 5.41) is 3.49. The van der Waals surface area contributed by atoms with E-state index in [4.69, 9.17) is 15.5 Å². The van der Waals surface area contributed by atoms with Crippen LogP contribution in [0.3, 0.4) is 0 Å². The molecule has 0 atom stereocenters. The van der Waals surface area contributed by atoms with Gasteiger partial charge >= 0.3 is 0 Å². The number of nitrogens with one attached hydrogen (secondary N) is 1. The fourth-order valence-corrected chi connectivity index (χ4v) is 4.40. The SMILES string of the molecule is COCCC[n+]1c(N)c(C(=O)NC2CCCCC2)cc2c(=O)n3cccc(C)c3nc21. The highest BCUT2D eigenvalue weighted by molar-refractivity contribution is 6.00. The topological polar surface area (TPSA) is 103 Å². The van der Waals surface area contributed by atoms with E-state index < -0.39 is 0 Å². The van der Waals surface area contributed by atoms with E-state index in [1.807, 2.05) is 19.1 Å². The minimum Gasteiger partial charge on any atom is -0.385 e. The maximum Gasteiger partial charge on any atom is 0.278 e. The Labute approximate surface area is 181 Å². The fourth-order valence-electron chi connectivity index (χ4n) is 4.40. The van der Waals surface area contributed by atoms with Crippen LogP contribution in [-0.4, -0.2) is 35.1 Å². The Morgan fingerprint density at radius 1 is 1.35 bits per heavy atom. The molecule has 31 heavy (non-hydrogen) atoms. The number of carbonyl (C=O) groups is 1. The summed E-state index contributed by atoms with van der Waals surface area (Å²) >= 11 is 0. The smallest absolute Gasteiger partial charge is 0.278 e. The molecule has 3 aromatic rings. The molecule has 8 nitrogen and oxygen atoms in total. The van der Waals surface area contributed by atoms with Crippen molar-refractivity contribution in [1.82, 2.24) is 14.7 Å². The molecule has 0 aliphatic heterocycles. The highest BCUT2D eigenvalue weighted by Crippen LogP contribution is 2.20. The van der Waals surface area contributed by atoms with E-state index in [1.165, 1.54) is 10.8 Å². The molecular formula is C23H30N5O3+. The summed E-state index contributed by atoms with van der Waals surface area (Å²) in [5.74, 6) is 0.0854. The molecule has 3 aromatic heterocycles. The van der Waals surface area contributed by atoms with Crippen LogP contribution in [0.1, 0.15) is 54.4 Å². The summed E-state index contributed by atoms with van der Waals surface area (Å²) in [6.45, 7) is 2.95. The van der Waals surface area contributed by atoms with Gasteiger partial charge in [-0.3, -0.25) is 14.0 Å². The van der Waals surface area contributed by atoms with E-state index in [0.717, 1.165) is 31.2 Å². The van der Waals surface area contributed by atoms with Crippen LogP contribution in [0.15, 0.2) is 29.2 Å². The monoisotopic (exact) mass is 424 g/mol. The number of ether oxygens (including phenoxy) is 1. The van der Waals surface area contributed by atoms with Gasteiger partial charge in [-0.05, 0) is 31.9 Å². The Hall–Kier alpha value is -3.00. The number of hydrogen-bond acceptors (Lipinski definition) is 5. The Kier molecular flexibility index (Phi) is 6.18. The second kappa shape index (κ2) is 9.01. The van der Waals surface area contributed by atoms with Crippen LogP contribution >= 0.6 is 0 Å². The van der Waals surface area contributed by atoms with Crippen molar-refractivity contribution in [3.63, 3.8) is 0 Å². The van der Waals surface area contributed by atoms with E-state index in [1.54, 1.807) is 23.9 Å². The number of fused-ring (bicyclic) bond motifs is 2. The molecule has 1 amide bonds. The van der Waals surface area contributed by atoms with Gasteiger partial charge in [0.2, 0.25) is 11.5 Å². The molecule has 1 aliphatic carbocycles. The third-order valence-electron chi connectivity index (χ3n) is 6.09. The highest BCUT2D eigenvalue weighted by Gasteiger charge is 2.26. The molecule has 0 bridgehead atoms. The first-order chi connectivity index (χ1) is 15.0. The summed E-state index contributed by atoms with van der Waals surface area (Å²) in [6.07, 6.45) is 7.77. The van der Waals surface area contributed by atoms with Crippen molar-refractivity contribution < 1.29 is 14.1 Å². The third kappa shape index (κ3) is 4.12. The number of nitrogens with two attached hydrogens (primary N) is 1. The number of aryl methyl sites for hydroxylation is 2. The summed E-state index contributed by atoms with van der Waals surface area (Å²) in [4.78, 5) is 31.2. The average Bonchev–Trinajstić information content (AvgIpc) is 2.77. The molecule has 3 heterocycles. The predicted molar refractivity (Wildman–Crippen MR) is 119 cm³/mol. The number of aromatic nitrogens is 3. The molecule has 8 heteroatoms. The second-order valence-corrected chi connectivity index (χ2v) is 8.29. The van der Waals surface area contributed by atoms with Crippen LogP contribution in [0, 0.1) is 6.92 Å². The first kappa shape index (κ1) is 21.2. The Morgan fingerprint density at radius 2 is 2.13 bits per heavy atom. The van der Waals surface area contributed by atoms with Crippen molar-refractivity contribution >= 4 is 28.4 Å². The van der Waals surface area contributed by atoms with Gasteiger partial charge in [0.15, 0.2) is 0 Å². The molecule has 4 rings (SSSR count). The van der Waals surface area contributed by atoms with Gasteiger partial charge in [-0.15, -0.1) is 0 Å². The summed E-state index contributed by atoms with van der Waals surface area (Å²) in [7, 11) is 1.64. The maximum atomic E-state index is 13.3. The van der Waals surface area contributed by atoms with Gasteiger partial charge in [0.25, 0.3) is 17.1 Å². The standard InChI is InChI=1S/C23H29N5O3/c1-15-8-6-11-28-20(15)26-21-18(23(28)30)14-17(19(24)27(21)12-7-13-31-2)22(29)25-16-9-4-3-5-10-16/h6,8,11,14,16,24H,3-5,7,9-10,12-13H2,1-2H3,(H,25,29)/p+1. The first-order valence-corrected chi connectivity index (χ1v) is 10.9. The number of anilines is 1. The lowest BCUT2D eigenvalue weighted by Crippen LogP contribution is -2.44. The molecule has 1 fully saturated rings. The van der Waals surface area contributed by atoms with Gasteiger partial charge in [0, 0.05) is 37.9 Å². The van der Waals surface area contributed by atoms with Gasteiger partial charge in [0.1, 0.15) is 10.9 Å². The number of pyridine rings is 2. The minimum atomic E-state index is -0.236. The Balaban J connectivity index is 1.87. The number of nitrogens with zero attached hydrogens (tertiary/aromatic N) is 3. The number of carbonyl (C=O) groups excluding carboxylic acids is 1. The second-order valence-electron chi connectivity index (χ2n) is 8.29. The van der Waals surface area contributed by atoms with Crippen molar-refractivity contribution in [2.75, 3.05) is 19.5 Å². The third-order valence-corrected chi connectivity index (χ3v) is 6.09. The number of rotatable bonds is 6. The average molecular weight is 425 g/mol. The van der Waals surface area contributed by atoms with Gasteiger partial charge in [0.05, 0.1) is 6.54 Å². The molecule has 0 radical (unpaired) electrons. The van der Waals surface area contributed by atoms with Crippen LogP contribution in [0.4, 0.5) is 5.82 Å². The summed E-state index contributed by atoms with van der Waals surface area (Å²) < 4.78 is 8.49. The lowest BCUT2D eigenvalue weighted by atomic mass is 9.95. The molecule has 0 unspecified atom stereocenters. The number of methoxy groups -OCH3 is 1. The van der Waals surface area contributed by atoms with Crippen LogP contribution in [-0.2, 0) is 11.3 Å². The number of nitrogen functional groups attached to an aromatic ring is 1. The zero-order valence-electron chi connectivity index (χ0n) is 18.2. The van der Waals surface area contributed by atoms with Crippen molar-refractivity contribution in [1.29, 1.82) is 0 Å².